The molecule has 0 heterocycles. The van der Waals surface area contributed by atoms with E-state index in [4.69, 9.17) is 11.6 Å². The summed E-state index contributed by atoms with van der Waals surface area (Å²) in [5.74, 6) is -1.16. The molecule has 0 aliphatic heterocycles. The van der Waals surface area contributed by atoms with Gasteiger partial charge in [0.2, 0.25) is 0 Å². The van der Waals surface area contributed by atoms with Crippen molar-refractivity contribution in [2.75, 3.05) is 5.32 Å². The van der Waals surface area contributed by atoms with Crippen LogP contribution in [-0.2, 0) is 0 Å². The van der Waals surface area contributed by atoms with E-state index in [1.165, 1.54) is 12.1 Å². The minimum Gasteiger partial charge on any atom is -0.376 e. The van der Waals surface area contributed by atoms with E-state index >= 15 is 0 Å². The first-order valence-electron chi connectivity index (χ1n) is 6.57. The van der Waals surface area contributed by atoms with Crippen LogP contribution in [0.2, 0.25) is 5.02 Å². The Bertz CT molecular complexity index is 569. The number of benzene rings is 2. The fraction of sp³-hybridized carbons (Fsp3) is 0.250. The maximum Gasteiger partial charge on any atom is 0.149 e. The van der Waals surface area contributed by atoms with Gasteiger partial charge in [0.1, 0.15) is 11.6 Å². The van der Waals surface area contributed by atoms with Crippen LogP contribution in [0.15, 0.2) is 42.5 Å². The van der Waals surface area contributed by atoms with Gasteiger partial charge in [-0.1, -0.05) is 37.1 Å². The number of nitrogens with one attached hydrogen (secondary N) is 1. The Hall–Kier alpha value is -1.61. The zero-order chi connectivity index (χ0) is 14.5. The molecule has 0 fully saturated rings. The Morgan fingerprint density at radius 2 is 1.80 bits per heavy atom. The average molecular weight is 296 g/mol. The smallest absolute Gasteiger partial charge is 0.149 e. The SMILES string of the molecule is CCCC(Nc1ccc(F)cc1F)c1ccc(Cl)cc1. The molecule has 1 N–H and O–H groups in total. The van der Waals surface area contributed by atoms with Gasteiger partial charge in [-0.05, 0) is 36.2 Å². The molecular weight excluding hydrogens is 280 g/mol. The topological polar surface area (TPSA) is 12.0 Å². The maximum atomic E-state index is 13.7. The van der Waals surface area contributed by atoms with Gasteiger partial charge in [-0.25, -0.2) is 8.78 Å². The quantitative estimate of drug-likeness (QED) is 0.760. The third-order valence-electron chi connectivity index (χ3n) is 3.11. The molecule has 2 aromatic carbocycles. The third kappa shape index (κ3) is 3.70. The zero-order valence-electron chi connectivity index (χ0n) is 11.2. The lowest BCUT2D eigenvalue weighted by atomic mass is 10.0. The molecule has 1 unspecified atom stereocenters. The molecule has 1 atom stereocenters. The summed E-state index contributed by atoms with van der Waals surface area (Å²) < 4.78 is 26.6. The lowest BCUT2D eigenvalue weighted by Crippen LogP contribution is -2.11. The molecule has 0 amide bonds. The van der Waals surface area contributed by atoms with E-state index in [0.717, 1.165) is 24.5 Å². The van der Waals surface area contributed by atoms with Crippen molar-refractivity contribution in [3.63, 3.8) is 0 Å². The van der Waals surface area contributed by atoms with Gasteiger partial charge >= 0.3 is 0 Å². The van der Waals surface area contributed by atoms with Crippen molar-refractivity contribution in [2.45, 2.75) is 25.8 Å². The van der Waals surface area contributed by atoms with E-state index in [9.17, 15) is 8.78 Å². The van der Waals surface area contributed by atoms with Gasteiger partial charge in [-0.3, -0.25) is 0 Å². The number of hydrogen-bond donors (Lipinski definition) is 1. The summed E-state index contributed by atoms with van der Waals surface area (Å²) >= 11 is 5.87. The molecule has 2 aromatic rings. The first kappa shape index (κ1) is 14.8. The van der Waals surface area contributed by atoms with Gasteiger partial charge in [-0.2, -0.15) is 0 Å². The van der Waals surface area contributed by atoms with Gasteiger partial charge in [-0.15, -0.1) is 0 Å². The van der Waals surface area contributed by atoms with E-state index < -0.39 is 11.6 Å². The van der Waals surface area contributed by atoms with Crippen LogP contribution in [0.25, 0.3) is 0 Å². The highest BCUT2D eigenvalue weighted by atomic mass is 35.5. The molecule has 0 aliphatic rings. The Morgan fingerprint density at radius 3 is 2.40 bits per heavy atom. The minimum absolute atomic E-state index is 0.0303. The molecule has 0 saturated heterocycles. The Balaban J connectivity index is 2.22. The fourth-order valence-corrected chi connectivity index (χ4v) is 2.23. The highest BCUT2D eigenvalue weighted by Crippen LogP contribution is 2.26. The van der Waals surface area contributed by atoms with Crippen molar-refractivity contribution < 1.29 is 8.78 Å². The molecule has 4 heteroatoms. The number of anilines is 1. The summed E-state index contributed by atoms with van der Waals surface area (Å²) in [6.45, 7) is 2.06. The Morgan fingerprint density at radius 1 is 1.10 bits per heavy atom. The molecule has 0 radical (unpaired) electrons. The van der Waals surface area contributed by atoms with Crippen LogP contribution in [0.3, 0.4) is 0 Å². The molecule has 20 heavy (non-hydrogen) atoms. The van der Waals surface area contributed by atoms with Crippen LogP contribution in [0.5, 0.6) is 0 Å². The van der Waals surface area contributed by atoms with Gasteiger partial charge < -0.3 is 5.32 Å². The second-order valence-electron chi connectivity index (χ2n) is 4.66. The molecule has 106 valence electrons. The zero-order valence-corrected chi connectivity index (χ0v) is 11.9. The largest absolute Gasteiger partial charge is 0.376 e. The Labute approximate surface area is 122 Å². The first-order valence-corrected chi connectivity index (χ1v) is 6.95. The van der Waals surface area contributed by atoms with Crippen molar-refractivity contribution in [1.82, 2.24) is 0 Å². The maximum absolute atomic E-state index is 13.7. The van der Waals surface area contributed by atoms with Gasteiger partial charge in [0, 0.05) is 11.1 Å². The first-order chi connectivity index (χ1) is 9.60. The number of halogens is 3. The van der Waals surface area contributed by atoms with Crippen LogP contribution in [0.1, 0.15) is 31.4 Å². The monoisotopic (exact) mass is 295 g/mol. The highest BCUT2D eigenvalue weighted by molar-refractivity contribution is 6.30. The minimum atomic E-state index is -0.583. The van der Waals surface area contributed by atoms with Crippen molar-refractivity contribution in [2.24, 2.45) is 0 Å². The van der Waals surface area contributed by atoms with Gasteiger partial charge in [0.15, 0.2) is 0 Å². The summed E-state index contributed by atoms with van der Waals surface area (Å²) in [6, 6.07) is 11.0. The lowest BCUT2D eigenvalue weighted by Gasteiger charge is -2.20. The molecule has 2 rings (SSSR count). The van der Waals surface area contributed by atoms with E-state index in [1.807, 2.05) is 24.3 Å². The van der Waals surface area contributed by atoms with Crippen molar-refractivity contribution in [3.05, 3.63) is 64.7 Å². The van der Waals surface area contributed by atoms with E-state index in [2.05, 4.69) is 12.2 Å². The molecule has 0 aliphatic carbocycles. The Kier molecular flexibility index (Phi) is 4.96. The second kappa shape index (κ2) is 6.71. The molecule has 0 bridgehead atoms. The van der Waals surface area contributed by atoms with Crippen LogP contribution in [0, 0.1) is 11.6 Å². The van der Waals surface area contributed by atoms with Crippen molar-refractivity contribution in [1.29, 1.82) is 0 Å². The number of hydrogen-bond acceptors (Lipinski definition) is 1. The molecule has 0 aromatic heterocycles. The van der Waals surface area contributed by atoms with Crippen LogP contribution in [0.4, 0.5) is 14.5 Å². The van der Waals surface area contributed by atoms with E-state index in [1.54, 1.807) is 0 Å². The lowest BCUT2D eigenvalue weighted by molar-refractivity contribution is 0.580. The summed E-state index contributed by atoms with van der Waals surface area (Å²) in [6.07, 6.45) is 1.79. The van der Waals surface area contributed by atoms with Crippen molar-refractivity contribution in [3.8, 4) is 0 Å². The summed E-state index contributed by atoms with van der Waals surface area (Å²) in [4.78, 5) is 0. The standard InChI is InChI=1S/C16H16ClF2N/c1-2-3-15(11-4-6-12(17)7-5-11)20-16-9-8-13(18)10-14(16)19/h4-10,15,20H,2-3H2,1H3. The summed E-state index contributed by atoms with van der Waals surface area (Å²) in [5.41, 5.74) is 1.33. The van der Waals surface area contributed by atoms with Gasteiger partial charge in [0.05, 0.1) is 11.7 Å². The molecule has 0 saturated carbocycles. The molecule has 0 spiro atoms. The van der Waals surface area contributed by atoms with Crippen LogP contribution >= 0.6 is 11.6 Å². The van der Waals surface area contributed by atoms with Gasteiger partial charge in [0.25, 0.3) is 0 Å². The summed E-state index contributed by atoms with van der Waals surface area (Å²) in [7, 11) is 0. The fourth-order valence-electron chi connectivity index (χ4n) is 2.10. The number of rotatable bonds is 5. The normalized spacial score (nSPS) is 12.2. The predicted molar refractivity (Wildman–Crippen MR) is 79.1 cm³/mol. The van der Waals surface area contributed by atoms with Crippen LogP contribution < -0.4 is 5.32 Å². The average Bonchev–Trinajstić information content (AvgIpc) is 2.42. The van der Waals surface area contributed by atoms with Crippen LogP contribution in [-0.4, -0.2) is 0 Å². The summed E-state index contributed by atoms with van der Waals surface area (Å²) in [5, 5.41) is 3.79. The predicted octanol–water partition coefficient (Wildman–Crippen LogP) is 5.57. The van der Waals surface area contributed by atoms with Crippen molar-refractivity contribution >= 4 is 17.3 Å². The molecule has 1 nitrogen and oxygen atoms in total. The van der Waals surface area contributed by atoms with E-state index in [-0.39, 0.29) is 6.04 Å². The molecular formula is C16H16ClF2N. The van der Waals surface area contributed by atoms with E-state index in [0.29, 0.717) is 10.7 Å². The third-order valence-corrected chi connectivity index (χ3v) is 3.36. The highest BCUT2D eigenvalue weighted by Gasteiger charge is 2.13. The second-order valence-corrected chi connectivity index (χ2v) is 5.10.